The molecule has 3 aliphatic rings. The van der Waals surface area contributed by atoms with Crippen LogP contribution in [0.2, 0.25) is 0 Å². The maximum absolute atomic E-state index is 2.83. The zero-order chi connectivity index (χ0) is 10.0. The molecule has 0 aromatic carbocycles. The third-order valence-corrected chi connectivity index (χ3v) is 3.99. The number of hydrogen-bond acceptors (Lipinski definition) is 1. The van der Waals surface area contributed by atoms with Crippen LogP contribution in [-0.2, 0) is 0 Å². The molecule has 1 aliphatic heterocycles. The summed E-state index contributed by atoms with van der Waals surface area (Å²) in [4.78, 5) is 2.83. The molecule has 2 aliphatic carbocycles. The van der Waals surface area contributed by atoms with Crippen molar-refractivity contribution >= 4 is 0 Å². The van der Waals surface area contributed by atoms with E-state index in [2.05, 4.69) is 4.90 Å². The van der Waals surface area contributed by atoms with Gasteiger partial charge in [0.05, 0.1) is 0 Å². The molecule has 3 fully saturated rings. The highest BCUT2D eigenvalue weighted by atomic mass is 15.2. The SMILES string of the molecule is C1CCC2(CC2)N(CC2CC2)C1.CC. The summed E-state index contributed by atoms with van der Waals surface area (Å²) in [5.74, 6) is 1.10. The largest absolute Gasteiger partial charge is 0.297 e. The summed E-state index contributed by atoms with van der Waals surface area (Å²) in [5, 5.41) is 0. The minimum Gasteiger partial charge on any atom is -0.297 e. The van der Waals surface area contributed by atoms with E-state index in [1.807, 2.05) is 13.8 Å². The molecule has 2 saturated carbocycles. The minimum absolute atomic E-state index is 0.751. The van der Waals surface area contributed by atoms with Crippen molar-refractivity contribution in [1.82, 2.24) is 4.90 Å². The van der Waals surface area contributed by atoms with E-state index in [1.54, 1.807) is 0 Å². The molecular formula is C13H25N. The lowest BCUT2D eigenvalue weighted by molar-refractivity contribution is 0.123. The van der Waals surface area contributed by atoms with Crippen LogP contribution in [0.4, 0.5) is 0 Å². The van der Waals surface area contributed by atoms with Crippen molar-refractivity contribution in [3.05, 3.63) is 0 Å². The Morgan fingerprint density at radius 3 is 2.36 bits per heavy atom. The van der Waals surface area contributed by atoms with Gasteiger partial charge in [-0.1, -0.05) is 20.3 Å². The van der Waals surface area contributed by atoms with Gasteiger partial charge in [-0.05, 0) is 51.0 Å². The monoisotopic (exact) mass is 195 g/mol. The van der Waals surface area contributed by atoms with Gasteiger partial charge in [0.1, 0.15) is 0 Å². The molecule has 0 N–H and O–H groups in total. The molecule has 1 heteroatoms. The highest BCUT2D eigenvalue weighted by Gasteiger charge is 2.49. The molecule has 0 aromatic rings. The van der Waals surface area contributed by atoms with Gasteiger partial charge in [0, 0.05) is 12.1 Å². The molecule has 0 radical (unpaired) electrons. The van der Waals surface area contributed by atoms with Crippen LogP contribution >= 0.6 is 0 Å². The predicted octanol–water partition coefficient (Wildman–Crippen LogP) is 3.44. The van der Waals surface area contributed by atoms with Crippen LogP contribution in [0.5, 0.6) is 0 Å². The molecule has 1 heterocycles. The number of piperidine rings is 1. The molecule has 1 spiro atoms. The zero-order valence-corrected chi connectivity index (χ0v) is 9.89. The van der Waals surface area contributed by atoms with Crippen LogP contribution < -0.4 is 0 Å². The van der Waals surface area contributed by atoms with Gasteiger partial charge in [0.2, 0.25) is 0 Å². The van der Waals surface area contributed by atoms with Crippen molar-refractivity contribution in [3.63, 3.8) is 0 Å². The Hall–Kier alpha value is -0.0400. The lowest BCUT2D eigenvalue weighted by atomic mass is 9.99. The van der Waals surface area contributed by atoms with Crippen LogP contribution in [0.15, 0.2) is 0 Å². The fourth-order valence-electron chi connectivity index (χ4n) is 2.76. The van der Waals surface area contributed by atoms with E-state index >= 15 is 0 Å². The van der Waals surface area contributed by atoms with Crippen molar-refractivity contribution in [1.29, 1.82) is 0 Å². The van der Waals surface area contributed by atoms with Gasteiger partial charge >= 0.3 is 0 Å². The van der Waals surface area contributed by atoms with Gasteiger partial charge in [-0.3, -0.25) is 4.90 Å². The van der Waals surface area contributed by atoms with E-state index in [1.165, 1.54) is 58.0 Å². The van der Waals surface area contributed by atoms with Gasteiger partial charge in [-0.2, -0.15) is 0 Å². The highest BCUT2D eigenvalue weighted by molar-refractivity contribution is 5.06. The molecular weight excluding hydrogens is 170 g/mol. The van der Waals surface area contributed by atoms with Gasteiger partial charge < -0.3 is 0 Å². The van der Waals surface area contributed by atoms with Gasteiger partial charge in [0.25, 0.3) is 0 Å². The van der Waals surface area contributed by atoms with Gasteiger partial charge in [-0.15, -0.1) is 0 Å². The topological polar surface area (TPSA) is 3.24 Å². The molecule has 0 atom stereocenters. The standard InChI is InChI=1S/C11H19N.C2H6/c1-2-8-12(9-10-3-4-10)11(5-1)6-7-11;1-2/h10H,1-9H2;1-2H3. The van der Waals surface area contributed by atoms with E-state index in [-0.39, 0.29) is 0 Å². The second-order valence-electron chi connectivity index (χ2n) is 5.07. The quantitative estimate of drug-likeness (QED) is 0.652. The number of nitrogens with zero attached hydrogens (tertiary/aromatic N) is 1. The summed E-state index contributed by atoms with van der Waals surface area (Å²) in [7, 11) is 0. The minimum atomic E-state index is 0.751. The first kappa shape index (κ1) is 10.5. The molecule has 3 rings (SSSR count). The Morgan fingerprint density at radius 2 is 1.79 bits per heavy atom. The van der Waals surface area contributed by atoms with Crippen molar-refractivity contribution < 1.29 is 0 Å². The second-order valence-corrected chi connectivity index (χ2v) is 5.07. The van der Waals surface area contributed by atoms with Crippen molar-refractivity contribution in [3.8, 4) is 0 Å². The lowest BCUT2D eigenvalue weighted by Crippen LogP contribution is -2.42. The summed E-state index contributed by atoms with van der Waals surface area (Å²) in [6.07, 6.45) is 10.5. The van der Waals surface area contributed by atoms with Crippen LogP contribution in [0.25, 0.3) is 0 Å². The first-order valence-corrected chi connectivity index (χ1v) is 6.64. The maximum Gasteiger partial charge on any atom is 0.0211 e. The van der Waals surface area contributed by atoms with Crippen molar-refractivity contribution in [2.75, 3.05) is 13.1 Å². The molecule has 14 heavy (non-hydrogen) atoms. The van der Waals surface area contributed by atoms with E-state index in [4.69, 9.17) is 0 Å². The van der Waals surface area contributed by atoms with Crippen molar-refractivity contribution in [2.24, 2.45) is 5.92 Å². The normalized spacial score (nSPS) is 29.6. The molecule has 0 bridgehead atoms. The number of rotatable bonds is 2. The number of likely N-dealkylation sites (tertiary alicyclic amines) is 1. The molecule has 82 valence electrons. The zero-order valence-electron chi connectivity index (χ0n) is 9.89. The van der Waals surface area contributed by atoms with Gasteiger partial charge in [-0.25, -0.2) is 0 Å². The summed E-state index contributed by atoms with van der Waals surface area (Å²) in [5.41, 5.74) is 0.751. The fraction of sp³-hybridized carbons (Fsp3) is 1.00. The maximum atomic E-state index is 2.83. The van der Waals surface area contributed by atoms with E-state index < -0.39 is 0 Å². The van der Waals surface area contributed by atoms with Crippen LogP contribution in [-0.4, -0.2) is 23.5 Å². The van der Waals surface area contributed by atoms with E-state index in [9.17, 15) is 0 Å². The Labute approximate surface area is 88.9 Å². The summed E-state index contributed by atoms with van der Waals surface area (Å²) < 4.78 is 0. The Morgan fingerprint density at radius 1 is 1.07 bits per heavy atom. The first-order chi connectivity index (χ1) is 6.89. The van der Waals surface area contributed by atoms with E-state index in [0.29, 0.717) is 0 Å². The Kier molecular flexibility index (Phi) is 3.16. The van der Waals surface area contributed by atoms with Crippen LogP contribution in [0, 0.1) is 5.92 Å². The third kappa shape index (κ3) is 2.13. The average molecular weight is 195 g/mol. The van der Waals surface area contributed by atoms with E-state index in [0.717, 1.165) is 11.5 Å². The second kappa shape index (κ2) is 4.22. The molecule has 0 unspecified atom stereocenters. The average Bonchev–Trinajstić information content (AvgIpc) is 3.09. The molecule has 0 aromatic heterocycles. The summed E-state index contributed by atoms with van der Waals surface area (Å²) >= 11 is 0. The lowest BCUT2D eigenvalue weighted by Gasteiger charge is -2.36. The molecule has 1 nitrogen and oxygen atoms in total. The van der Waals surface area contributed by atoms with Crippen LogP contribution in [0.3, 0.4) is 0 Å². The molecule has 1 saturated heterocycles. The van der Waals surface area contributed by atoms with Crippen molar-refractivity contribution in [2.45, 2.75) is 64.3 Å². The highest BCUT2D eigenvalue weighted by Crippen LogP contribution is 2.49. The first-order valence-electron chi connectivity index (χ1n) is 6.64. The number of hydrogen-bond donors (Lipinski definition) is 0. The molecule has 0 amide bonds. The predicted molar refractivity (Wildman–Crippen MR) is 61.5 cm³/mol. The Balaban J connectivity index is 0.000000354. The third-order valence-electron chi connectivity index (χ3n) is 3.99. The van der Waals surface area contributed by atoms with Crippen LogP contribution in [0.1, 0.15) is 58.8 Å². The summed E-state index contributed by atoms with van der Waals surface area (Å²) in [6.45, 7) is 6.86. The fourth-order valence-corrected chi connectivity index (χ4v) is 2.76. The summed E-state index contributed by atoms with van der Waals surface area (Å²) in [6, 6.07) is 0. The smallest absolute Gasteiger partial charge is 0.0211 e. The van der Waals surface area contributed by atoms with Gasteiger partial charge in [0.15, 0.2) is 0 Å². The Bertz CT molecular complexity index is 180.